The molecular formula is C14H20N2O2. The van der Waals surface area contributed by atoms with E-state index in [4.69, 9.17) is 0 Å². The number of phenolic OH excluding ortho intramolecular Hbond substituents is 1. The second kappa shape index (κ2) is 4.98. The van der Waals surface area contributed by atoms with Gasteiger partial charge in [-0.25, -0.2) is 0 Å². The second-order valence-corrected chi connectivity index (χ2v) is 5.20. The van der Waals surface area contributed by atoms with Gasteiger partial charge in [-0.15, -0.1) is 0 Å². The van der Waals surface area contributed by atoms with E-state index >= 15 is 0 Å². The van der Waals surface area contributed by atoms with Gasteiger partial charge in [0.1, 0.15) is 5.75 Å². The lowest BCUT2D eigenvalue weighted by molar-refractivity contribution is 0.0557. The van der Waals surface area contributed by atoms with Crippen LogP contribution < -0.4 is 5.32 Å². The number of benzene rings is 1. The number of rotatable bonds is 4. The van der Waals surface area contributed by atoms with Gasteiger partial charge in [-0.05, 0) is 57.6 Å². The van der Waals surface area contributed by atoms with E-state index < -0.39 is 0 Å². The van der Waals surface area contributed by atoms with Crippen LogP contribution in [0, 0.1) is 0 Å². The number of phenols is 1. The first-order valence-electron chi connectivity index (χ1n) is 6.28. The van der Waals surface area contributed by atoms with Crippen molar-refractivity contribution in [1.82, 2.24) is 10.2 Å². The predicted molar refractivity (Wildman–Crippen MR) is 70.7 cm³/mol. The van der Waals surface area contributed by atoms with Gasteiger partial charge in [0.25, 0.3) is 5.91 Å². The Morgan fingerprint density at radius 2 is 1.94 bits per heavy atom. The Morgan fingerprint density at radius 1 is 1.33 bits per heavy atom. The third-order valence-corrected chi connectivity index (χ3v) is 3.94. The fourth-order valence-corrected chi connectivity index (χ4v) is 2.33. The number of hydrogen-bond acceptors (Lipinski definition) is 3. The molecule has 1 saturated carbocycles. The first-order valence-corrected chi connectivity index (χ1v) is 6.28. The van der Waals surface area contributed by atoms with E-state index in [1.165, 1.54) is 18.6 Å². The van der Waals surface area contributed by atoms with Crippen LogP contribution in [0.15, 0.2) is 24.3 Å². The monoisotopic (exact) mass is 248 g/mol. The summed E-state index contributed by atoms with van der Waals surface area (Å²) in [5, 5.41) is 12.2. The van der Waals surface area contributed by atoms with E-state index in [2.05, 4.69) is 24.3 Å². The molecule has 1 fully saturated rings. The van der Waals surface area contributed by atoms with Gasteiger partial charge < -0.3 is 15.3 Å². The van der Waals surface area contributed by atoms with Crippen LogP contribution in [0.2, 0.25) is 0 Å². The first kappa shape index (κ1) is 12.9. The average molecular weight is 248 g/mol. The average Bonchev–Trinajstić information content (AvgIpc) is 2.27. The lowest BCUT2D eigenvalue weighted by atomic mass is 9.75. The van der Waals surface area contributed by atoms with Crippen LogP contribution in [0.1, 0.15) is 29.6 Å². The molecule has 1 amide bonds. The molecule has 0 saturated heterocycles. The van der Waals surface area contributed by atoms with Crippen molar-refractivity contribution < 1.29 is 9.90 Å². The van der Waals surface area contributed by atoms with Crippen molar-refractivity contribution in [3.63, 3.8) is 0 Å². The number of amides is 1. The van der Waals surface area contributed by atoms with Crippen LogP contribution >= 0.6 is 0 Å². The van der Waals surface area contributed by atoms with Gasteiger partial charge in [0.2, 0.25) is 0 Å². The summed E-state index contributed by atoms with van der Waals surface area (Å²) < 4.78 is 0. The Bertz CT molecular complexity index is 422. The number of carbonyl (C=O) groups excluding carboxylic acids is 1. The molecule has 0 aromatic heterocycles. The van der Waals surface area contributed by atoms with Crippen molar-refractivity contribution in [3.05, 3.63) is 29.8 Å². The van der Waals surface area contributed by atoms with Gasteiger partial charge in [-0.1, -0.05) is 0 Å². The highest BCUT2D eigenvalue weighted by atomic mass is 16.3. The molecule has 1 aromatic carbocycles. The third kappa shape index (κ3) is 2.48. The molecule has 1 aliphatic rings. The lowest BCUT2D eigenvalue weighted by Crippen LogP contribution is -2.57. The minimum Gasteiger partial charge on any atom is -0.508 e. The van der Waals surface area contributed by atoms with Crippen LogP contribution in [-0.4, -0.2) is 42.1 Å². The van der Waals surface area contributed by atoms with E-state index in [0.29, 0.717) is 12.1 Å². The summed E-state index contributed by atoms with van der Waals surface area (Å²) in [6, 6.07) is 6.32. The van der Waals surface area contributed by atoms with Crippen molar-refractivity contribution in [1.29, 1.82) is 0 Å². The minimum absolute atomic E-state index is 0.0804. The van der Waals surface area contributed by atoms with Crippen LogP contribution in [0.4, 0.5) is 0 Å². The van der Waals surface area contributed by atoms with Gasteiger partial charge >= 0.3 is 0 Å². The summed E-state index contributed by atoms with van der Waals surface area (Å²) in [5.41, 5.74) is 0.716. The molecule has 1 aliphatic carbocycles. The van der Waals surface area contributed by atoms with E-state index in [9.17, 15) is 9.90 Å². The molecule has 98 valence electrons. The fraction of sp³-hybridized carbons (Fsp3) is 0.500. The standard InChI is InChI=1S/C14H20N2O2/c1-16(2)14(8-3-9-14)10-15-13(18)11-4-6-12(17)7-5-11/h4-7,17H,3,8-10H2,1-2H3,(H,15,18). The molecular weight excluding hydrogens is 228 g/mol. The van der Waals surface area contributed by atoms with Crippen LogP contribution in [0.5, 0.6) is 5.75 Å². The molecule has 2 rings (SSSR count). The topological polar surface area (TPSA) is 52.6 Å². The van der Waals surface area contributed by atoms with E-state index in [0.717, 1.165) is 12.8 Å². The number of likely N-dealkylation sites (N-methyl/N-ethyl adjacent to an activating group) is 1. The Morgan fingerprint density at radius 3 is 2.39 bits per heavy atom. The van der Waals surface area contributed by atoms with Crippen LogP contribution in [0.3, 0.4) is 0 Å². The van der Waals surface area contributed by atoms with Crippen molar-refractivity contribution in [2.24, 2.45) is 0 Å². The van der Waals surface area contributed by atoms with Gasteiger partial charge in [0.05, 0.1) is 0 Å². The molecule has 0 radical (unpaired) electrons. The number of hydrogen-bond donors (Lipinski definition) is 2. The first-order chi connectivity index (χ1) is 8.53. The van der Waals surface area contributed by atoms with Crippen LogP contribution in [-0.2, 0) is 0 Å². The van der Waals surface area contributed by atoms with Gasteiger partial charge in [0.15, 0.2) is 0 Å². The van der Waals surface area contributed by atoms with Crippen LogP contribution in [0.25, 0.3) is 0 Å². The summed E-state index contributed by atoms with van der Waals surface area (Å²) in [6.07, 6.45) is 3.50. The fourth-order valence-electron chi connectivity index (χ4n) is 2.33. The summed E-state index contributed by atoms with van der Waals surface area (Å²) in [7, 11) is 4.12. The summed E-state index contributed by atoms with van der Waals surface area (Å²) >= 11 is 0. The Labute approximate surface area is 108 Å². The zero-order valence-corrected chi connectivity index (χ0v) is 10.9. The Hall–Kier alpha value is -1.55. The molecule has 0 unspecified atom stereocenters. The second-order valence-electron chi connectivity index (χ2n) is 5.20. The van der Waals surface area contributed by atoms with E-state index in [1.54, 1.807) is 12.1 Å². The molecule has 1 aromatic rings. The number of carbonyl (C=O) groups is 1. The summed E-state index contributed by atoms with van der Waals surface area (Å²) in [4.78, 5) is 14.2. The molecule has 18 heavy (non-hydrogen) atoms. The molecule has 0 spiro atoms. The Balaban J connectivity index is 1.94. The molecule has 2 N–H and O–H groups in total. The molecule has 0 aliphatic heterocycles. The summed E-state index contributed by atoms with van der Waals surface area (Å²) in [6.45, 7) is 0.680. The normalized spacial score (nSPS) is 17.3. The minimum atomic E-state index is -0.0804. The maximum absolute atomic E-state index is 12.0. The molecule has 0 atom stereocenters. The van der Waals surface area contributed by atoms with Gasteiger partial charge in [-0.3, -0.25) is 4.79 Å². The predicted octanol–water partition coefficient (Wildman–Crippen LogP) is 1.61. The van der Waals surface area contributed by atoms with E-state index in [-0.39, 0.29) is 17.2 Å². The smallest absolute Gasteiger partial charge is 0.251 e. The molecule has 0 bridgehead atoms. The maximum atomic E-state index is 12.0. The highest BCUT2D eigenvalue weighted by Crippen LogP contribution is 2.35. The van der Waals surface area contributed by atoms with Gasteiger partial charge in [0, 0.05) is 17.6 Å². The quantitative estimate of drug-likeness (QED) is 0.851. The highest BCUT2D eigenvalue weighted by molar-refractivity contribution is 5.94. The highest BCUT2D eigenvalue weighted by Gasteiger charge is 2.39. The SMILES string of the molecule is CN(C)C1(CNC(=O)c2ccc(O)cc2)CCC1. The molecule has 4 heteroatoms. The maximum Gasteiger partial charge on any atom is 0.251 e. The number of nitrogens with one attached hydrogen (secondary N) is 1. The van der Waals surface area contributed by atoms with E-state index in [1.807, 2.05) is 0 Å². The largest absolute Gasteiger partial charge is 0.508 e. The molecule has 0 heterocycles. The zero-order chi connectivity index (χ0) is 13.2. The summed E-state index contributed by atoms with van der Waals surface area (Å²) in [5.74, 6) is 0.0958. The third-order valence-electron chi connectivity index (χ3n) is 3.94. The van der Waals surface area contributed by atoms with Crippen molar-refractivity contribution in [2.75, 3.05) is 20.6 Å². The zero-order valence-electron chi connectivity index (χ0n) is 10.9. The molecule has 4 nitrogen and oxygen atoms in total. The lowest BCUT2D eigenvalue weighted by Gasteiger charge is -2.47. The van der Waals surface area contributed by atoms with Gasteiger partial charge in [-0.2, -0.15) is 0 Å². The number of aromatic hydroxyl groups is 1. The Kier molecular flexibility index (Phi) is 3.57. The van der Waals surface area contributed by atoms with Crippen molar-refractivity contribution in [3.8, 4) is 5.75 Å². The number of nitrogens with zero attached hydrogens (tertiary/aromatic N) is 1. The van der Waals surface area contributed by atoms with Crippen molar-refractivity contribution >= 4 is 5.91 Å². The van der Waals surface area contributed by atoms with Crippen molar-refractivity contribution in [2.45, 2.75) is 24.8 Å².